The van der Waals surface area contributed by atoms with Gasteiger partial charge < -0.3 is 24.8 Å². The number of rotatable bonds is 4. The Morgan fingerprint density at radius 3 is 2.45 bits per heavy atom. The number of ether oxygens (including phenoxy) is 2. The molecule has 6 heteroatoms. The third kappa shape index (κ3) is 5.59. The summed E-state index contributed by atoms with van der Waals surface area (Å²) >= 11 is 0. The van der Waals surface area contributed by atoms with Crippen LogP contribution in [0.5, 0.6) is 0 Å². The summed E-state index contributed by atoms with van der Waals surface area (Å²) in [5, 5.41) is 25.3. The van der Waals surface area contributed by atoms with Crippen LogP contribution in [0.1, 0.15) is 6.42 Å². The number of aliphatic hydroxyl groups is 2. The Morgan fingerprint density at radius 1 is 1.55 bits per heavy atom. The van der Waals surface area contributed by atoms with Gasteiger partial charge in [0.2, 0.25) is 0 Å². The molecule has 0 aliphatic heterocycles. The normalized spacial score (nSPS) is 11.2. The molecule has 0 atom stereocenters. The van der Waals surface area contributed by atoms with Crippen LogP contribution in [0.2, 0.25) is 0 Å². The Labute approximate surface area is 63.0 Å². The Balaban J connectivity index is 3.45. The van der Waals surface area contributed by atoms with Crippen molar-refractivity contribution >= 4 is 6.16 Å². The number of carboxylic acid groups (broad SMARTS) is 1. The number of methoxy groups -OCH3 is 1. The maximum atomic E-state index is 9.75. The van der Waals surface area contributed by atoms with Gasteiger partial charge in [0, 0.05) is 7.11 Å². The zero-order chi connectivity index (χ0) is 8.91. The fourth-order valence-electron chi connectivity index (χ4n) is 0.373. The van der Waals surface area contributed by atoms with Crippen LogP contribution in [0, 0.1) is 0 Å². The van der Waals surface area contributed by atoms with E-state index in [4.69, 9.17) is 15.3 Å². The highest BCUT2D eigenvalue weighted by Gasteiger charge is 2.22. The van der Waals surface area contributed by atoms with Crippen LogP contribution in [0.25, 0.3) is 0 Å². The molecule has 0 saturated carbocycles. The lowest BCUT2D eigenvalue weighted by molar-refractivity contribution is -0.331. The molecule has 0 aliphatic carbocycles. The Morgan fingerprint density at radius 2 is 2.09 bits per heavy atom. The molecule has 6 nitrogen and oxygen atoms in total. The molecular weight excluding hydrogens is 156 g/mol. The van der Waals surface area contributed by atoms with Crippen LogP contribution in [0.4, 0.5) is 4.79 Å². The molecule has 0 rings (SSSR count). The third-order valence-electron chi connectivity index (χ3n) is 0.980. The van der Waals surface area contributed by atoms with Gasteiger partial charge in [0.1, 0.15) is 6.61 Å². The predicted octanol–water partition coefficient (Wildman–Crippen LogP) is -0.644. The molecular formula is C5H10O6. The van der Waals surface area contributed by atoms with Gasteiger partial charge in [0.15, 0.2) is 0 Å². The van der Waals surface area contributed by atoms with Gasteiger partial charge in [0.25, 0.3) is 5.97 Å². The zero-order valence-corrected chi connectivity index (χ0v) is 5.98. The van der Waals surface area contributed by atoms with Crippen molar-refractivity contribution < 1.29 is 29.6 Å². The quantitative estimate of drug-likeness (QED) is 0.379. The average Bonchev–Trinajstić information content (AvgIpc) is 1.87. The molecule has 3 N–H and O–H groups in total. The first kappa shape index (κ1) is 10.2. The van der Waals surface area contributed by atoms with Crippen LogP contribution in [-0.2, 0) is 9.47 Å². The molecule has 0 unspecified atom stereocenters. The molecule has 66 valence electrons. The maximum Gasteiger partial charge on any atom is 0.505 e. The average molecular weight is 166 g/mol. The van der Waals surface area contributed by atoms with Crippen LogP contribution in [-0.4, -0.2) is 41.2 Å². The van der Waals surface area contributed by atoms with Crippen molar-refractivity contribution in [1.29, 1.82) is 0 Å². The maximum absolute atomic E-state index is 9.75. The molecule has 11 heavy (non-hydrogen) atoms. The largest absolute Gasteiger partial charge is 0.505 e. The minimum absolute atomic E-state index is 0.323. The monoisotopic (exact) mass is 166 g/mol. The molecule has 0 fully saturated rings. The van der Waals surface area contributed by atoms with Gasteiger partial charge in [0.05, 0.1) is 6.42 Å². The fourth-order valence-corrected chi connectivity index (χ4v) is 0.373. The van der Waals surface area contributed by atoms with Gasteiger partial charge in [-0.25, -0.2) is 4.79 Å². The molecule has 0 aromatic rings. The minimum Gasteiger partial charge on any atom is -0.450 e. The zero-order valence-electron chi connectivity index (χ0n) is 5.98. The molecule has 0 radical (unpaired) electrons. The van der Waals surface area contributed by atoms with Gasteiger partial charge >= 0.3 is 6.16 Å². The van der Waals surface area contributed by atoms with Crippen LogP contribution >= 0.6 is 0 Å². The van der Waals surface area contributed by atoms with Crippen LogP contribution < -0.4 is 0 Å². The van der Waals surface area contributed by atoms with Gasteiger partial charge in [-0.15, -0.1) is 0 Å². The summed E-state index contributed by atoms with van der Waals surface area (Å²) in [6, 6.07) is 0. The summed E-state index contributed by atoms with van der Waals surface area (Å²) in [5.74, 6) is -2.31. The second kappa shape index (κ2) is 4.12. The van der Waals surface area contributed by atoms with E-state index < -0.39 is 12.1 Å². The van der Waals surface area contributed by atoms with Gasteiger partial charge in [-0.05, 0) is 0 Å². The highest BCUT2D eigenvalue weighted by Crippen LogP contribution is 2.05. The highest BCUT2D eigenvalue weighted by atomic mass is 16.8. The molecule has 0 aromatic carbocycles. The van der Waals surface area contributed by atoms with E-state index >= 15 is 0 Å². The van der Waals surface area contributed by atoms with Crippen molar-refractivity contribution in [3.8, 4) is 0 Å². The lowest BCUT2D eigenvalue weighted by Gasteiger charge is -2.17. The van der Waals surface area contributed by atoms with Crippen molar-refractivity contribution in [2.45, 2.75) is 12.4 Å². The first-order valence-electron chi connectivity index (χ1n) is 2.83. The molecule has 0 spiro atoms. The molecule has 0 saturated heterocycles. The SMILES string of the molecule is COC(O)(O)CCOC(=O)O. The van der Waals surface area contributed by atoms with Crippen LogP contribution in [0.15, 0.2) is 0 Å². The summed E-state index contributed by atoms with van der Waals surface area (Å²) < 4.78 is 8.15. The summed E-state index contributed by atoms with van der Waals surface area (Å²) in [4.78, 5) is 9.75. The third-order valence-corrected chi connectivity index (χ3v) is 0.980. The topological polar surface area (TPSA) is 96.2 Å². The van der Waals surface area contributed by atoms with E-state index in [0.717, 1.165) is 7.11 Å². The van der Waals surface area contributed by atoms with Crippen molar-refractivity contribution in [3.05, 3.63) is 0 Å². The first-order chi connectivity index (χ1) is 4.98. The second-order valence-corrected chi connectivity index (χ2v) is 1.81. The van der Waals surface area contributed by atoms with Gasteiger partial charge in [-0.1, -0.05) is 0 Å². The molecule has 0 heterocycles. The van der Waals surface area contributed by atoms with Crippen molar-refractivity contribution in [1.82, 2.24) is 0 Å². The minimum atomic E-state index is -2.31. The smallest absolute Gasteiger partial charge is 0.450 e. The van der Waals surface area contributed by atoms with Gasteiger partial charge in [-0.3, -0.25) is 0 Å². The molecule has 0 bridgehead atoms. The van der Waals surface area contributed by atoms with Crippen molar-refractivity contribution in [3.63, 3.8) is 0 Å². The van der Waals surface area contributed by atoms with Crippen LogP contribution in [0.3, 0.4) is 0 Å². The summed E-state index contributed by atoms with van der Waals surface area (Å²) in [6.45, 7) is -0.323. The van der Waals surface area contributed by atoms with Crippen molar-refractivity contribution in [2.75, 3.05) is 13.7 Å². The Kier molecular flexibility index (Phi) is 3.80. The molecule has 0 aromatic heterocycles. The lowest BCUT2D eigenvalue weighted by Crippen LogP contribution is -2.32. The number of carbonyl (C=O) groups is 1. The van der Waals surface area contributed by atoms with Crippen molar-refractivity contribution in [2.24, 2.45) is 0 Å². The Bertz CT molecular complexity index is 131. The fraction of sp³-hybridized carbons (Fsp3) is 0.800. The van der Waals surface area contributed by atoms with E-state index in [0.29, 0.717) is 0 Å². The number of hydrogen-bond acceptors (Lipinski definition) is 5. The molecule has 0 aliphatic rings. The van der Waals surface area contributed by atoms with E-state index in [1.165, 1.54) is 0 Å². The highest BCUT2D eigenvalue weighted by molar-refractivity contribution is 5.56. The van der Waals surface area contributed by atoms with E-state index in [2.05, 4.69) is 9.47 Å². The first-order valence-corrected chi connectivity index (χ1v) is 2.83. The van der Waals surface area contributed by atoms with E-state index in [9.17, 15) is 4.79 Å². The van der Waals surface area contributed by atoms with E-state index in [1.807, 2.05) is 0 Å². The number of hydrogen-bond donors (Lipinski definition) is 3. The standard InChI is InChI=1S/C5H10O6/c1-10-5(8,9)2-3-11-4(6)7/h8-9H,2-3H2,1H3,(H,6,7). The van der Waals surface area contributed by atoms with E-state index in [-0.39, 0.29) is 13.0 Å². The summed E-state index contributed by atoms with van der Waals surface area (Å²) in [5.41, 5.74) is 0. The van der Waals surface area contributed by atoms with E-state index in [1.54, 1.807) is 0 Å². The predicted molar refractivity (Wildman–Crippen MR) is 32.8 cm³/mol. The van der Waals surface area contributed by atoms with Gasteiger partial charge in [-0.2, -0.15) is 0 Å². The molecule has 0 amide bonds. The second-order valence-electron chi connectivity index (χ2n) is 1.81. The lowest BCUT2D eigenvalue weighted by atomic mass is 10.4. The summed E-state index contributed by atoms with van der Waals surface area (Å²) in [6.07, 6.45) is -1.78. The Hall–Kier alpha value is -0.850. The summed E-state index contributed by atoms with van der Waals surface area (Å²) in [7, 11) is 1.08.